The van der Waals surface area contributed by atoms with Gasteiger partial charge in [-0.2, -0.15) is 0 Å². The smallest absolute Gasteiger partial charge is 0.305 e. The van der Waals surface area contributed by atoms with E-state index in [0.29, 0.717) is 38.5 Å². The van der Waals surface area contributed by atoms with E-state index in [1.54, 1.807) is 0 Å². The topological polar surface area (TPSA) is 127 Å². The first-order chi connectivity index (χ1) is 12.0. The van der Waals surface area contributed by atoms with E-state index in [-0.39, 0.29) is 26.1 Å². The molecule has 144 valence electrons. The Morgan fingerprint density at radius 1 is 0.760 bits per heavy atom. The van der Waals surface area contributed by atoms with E-state index in [1.165, 1.54) is 0 Å². The van der Waals surface area contributed by atoms with Crippen molar-refractivity contribution < 1.29 is 38.9 Å². The molecule has 0 unspecified atom stereocenters. The van der Waals surface area contributed by atoms with Crippen LogP contribution in [0.1, 0.15) is 51.4 Å². The number of hydrogen-bond acceptors (Lipinski definition) is 8. The van der Waals surface area contributed by atoms with E-state index in [1.807, 2.05) is 0 Å². The normalized spacial score (nSPS) is 11.0. The van der Waals surface area contributed by atoms with Crippen LogP contribution in [0, 0.1) is 5.41 Å². The van der Waals surface area contributed by atoms with Crippen LogP contribution in [0.25, 0.3) is 0 Å². The average molecular weight is 360 g/mol. The van der Waals surface area contributed by atoms with Crippen molar-refractivity contribution in [1.29, 1.82) is 0 Å². The maximum atomic E-state index is 11.6. The predicted molar refractivity (Wildman–Crippen MR) is 87.6 cm³/mol. The number of carbonyl (C=O) groups excluding carboxylic acids is 4. The van der Waals surface area contributed by atoms with Gasteiger partial charge in [0.1, 0.15) is 25.8 Å². The number of aldehydes is 2. The maximum Gasteiger partial charge on any atom is 0.305 e. The van der Waals surface area contributed by atoms with Crippen molar-refractivity contribution >= 4 is 24.5 Å². The van der Waals surface area contributed by atoms with Gasteiger partial charge in [-0.05, 0) is 25.7 Å². The zero-order valence-electron chi connectivity index (χ0n) is 14.5. The summed E-state index contributed by atoms with van der Waals surface area (Å²) >= 11 is 0. The first kappa shape index (κ1) is 23.2. The Morgan fingerprint density at radius 2 is 1.16 bits per heavy atom. The number of esters is 2. The van der Waals surface area contributed by atoms with Gasteiger partial charge >= 0.3 is 11.9 Å². The molecule has 8 heteroatoms. The SMILES string of the molecule is O=CCCCCC(=O)OCC(CO)(CO)COC(=O)CCCCC=O. The Hall–Kier alpha value is -1.80. The van der Waals surface area contributed by atoms with E-state index >= 15 is 0 Å². The number of aliphatic hydroxyl groups excluding tert-OH is 2. The van der Waals surface area contributed by atoms with Crippen molar-refractivity contribution in [3.05, 3.63) is 0 Å². The average Bonchev–Trinajstić information content (AvgIpc) is 2.63. The molecule has 0 rings (SSSR count). The second kappa shape index (κ2) is 14.5. The van der Waals surface area contributed by atoms with Crippen LogP contribution in [0.3, 0.4) is 0 Å². The quantitative estimate of drug-likeness (QED) is 0.232. The van der Waals surface area contributed by atoms with Crippen molar-refractivity contribution in [3.63, 3.8) is 0 Å². The first-order valence-electron chi connectivity index (χ1n) is 8.44. The molecule has 0 atom stereocenters. The largest absolute Gasteiger partial charge is 0.465 e. The fourth-order valence-electron chi connectivity index (χ4n) is 1.88. The number of rotatable bonds is 16. The van der Waals surface area contributed by atoms with Crippen LogP contribution >= 0.6 is 0 Å². The van der Waals surface area contributed by atoms with Gasteiger partial charge in [0.2, 0.25) is 0 Å². The Kier molecular flexibility index (Phi) is 13.5. The fourth-order valence-corrected chi connectivity index (χ4v) is 1.88. The number of unbranched alkanes of at least 4 members (excludes halogenated alkanes) is 4. The van der Waals surface area contributed by atoms with Crippen LogP contribution in [0.2, 0.25) is 0 Å². The molecular weight excluding hydrogens is 332 g/mol. The van der Waals surface area contributed by atoms with E-state index in [0.717, 1.165) is 12.6 Å². The van der Waals surface area contributed by atoms with Crippen molar-refractivity contribution in [2.75, 3.05) is 26.4 Å². The number of aliphatic hydroxyl groups is 2. The standard InChI is InChI=1S/C17H28O8/c18-9-5-1-3-7-15(22)24-13-17(11-20,12-21)14-25-16(23)8-4-2-6-10-19/h9-10,20-21H,1-8,11-14H2. The molecule has 0 aromatic rings. The highest BCUT2D eigenvalue weighted by molar-refractivity contribution is 5.70. The third kappa shape index (κ3) is 11.4. The molecule has 0 aromatic heterocycles. The highest BCUT2D eigenvalue weighted by atomic mass is 16.5. The van der Waals surface area contributed by atoms with Crippen LogP contribution in [0.15, 0.2) is 0 Å². The molecule has 2 N–H and O–H groups in total. The monoisotopic (exact) mass is 360 g/mol. The number of ether oxygens (including phenoxy) is 2. The Bertz CT molecular complexity index is 369. The second-order valence-electron chi connectivity index (χ2n) is 5.96. The van der Waals surface area contributed by atoms with Crippen LogP contribution < -0.4 is 0 Å². The maximum absolute atomic E-state index is 11.6. The van der Waals surface area contributed by atoms with Crippen LogP contribution in [0.4, 0.5) is 0 Å². The molecule has 8 nitrogen and oxygen atoms in total. The van der Waals surface area contributed by atoms with E-state index < -0.39 is 30.6 Å². The lowest BCUT2D eigenvalue weighted by atomic mass is 9.92. The van der Waals surface area contributed by atoms with Gasteiger partial charge in [0.25, 0.3) is 0 Å². The highest BCUT2D eigenvalue weighted by Gasteiger charge is 2.32. The van der Waals surface area contributed by atoms with Crippen LogP contribution in [-0.4, -0.2) is 61.2 Å². The Labute approximate surface area is 147 Å². The molecule has 0 saturated heterocycles. The van der Waals surface area contributed by atoms with Crippen molar-refractivity contribution in [2.24, 2.45) is 5.41 Å². The molecule has 0 aliphatic heterocycles. The van der Waals surface area contributed by atoms with Crippen LogP contribution in [0.5, 0.6) is 0 Å². The summed E-state index contributed by atoms with van der Waals surface area (Å²) in [5.74, 6) is -1.00. The van der Waals surface area contributed by atoms with Gasteiger partial charge in [-0.1, -0.05) is 0 Å². The Morgan fingerprint density at radius 3 is 1.48 bits per heavy atom. The molecule has 0 amide bonds. The summed E-state index contributed by atoms with van der Waals surface area (Å²) in [4.78, 5) is 43.6. The molecule has 0 saturated carbocycles. The molecule has 0 aliphatic rings. The van der Waals surface area contributed by atoms with Gasteiger partial charge in [-0.3, -0.25) is 9.59 Å². The van der Waals surface area contributed by atoms with Gasteiger partial charge in [0.05, 0.1) is 18.6 Å². The minimum atomic E-state index is -1.25. The molecule has 0 fully saturated rings. The molecule has 0 heterocycles. The summed E-state index contributed by atoms with van der Waals surface area (Å²) in [5, 5.41) is 18.9. The summed E-state index contributed by atoms with van der Waals surface area (Å²) in [6, 6.07) is 0. The van der Waals surface area contributed by atoms with Crippen molar-refractivity contribution in [3.8, 4) is 0 Å². The van der Waals surface area contributed by atoms with Crippen LogP contribution in [-0.2, 0) is 28.7 Å². The summed E-state index contributed by atoms with van der Waals surface area (Å²) < 4.78 is 10.1. The summed E-state index contributed by atoms with van der Waals surface area (Å²) in [7, 11) is 0. The minimum absolute atomic E-state index is 0.136. The van der Waals surface area contributed by atoms with Gasteiger partial charge in [0, 0.05) is 25.7 Å². The lowest BCUT2D eigenvalue weighted by Crippen LogP contribution is -2.41. The summed E-state index contributed by atoms with van der Waals surface area (Å²) in [5.41, 5.74) is -1.25. The lowest BCUT2D eigenvalue weighted by Gasteiger charge is -2.28. The van der Waals surface area contributed by atoms with E-state index in [2.05, 4.69) is 0 Å². The number of carbonyl (C=O) groups is 4. The molecule has 0 bridgehead atoms. The van der Waals surface area contributed by atoms with Gasteiger partial charge in [-0.15, -0.1) is 0 Å². The molecule has 25 heavy (non-hydrogen) atoms. The first-order valence-corrected chi connectivity index (χ1v) is 8.44. The highest BCUT2D eigenvalue weighted by Crippen LogP contribution is 2.18. The third-order valence-electron chi connectivity index (χ3n) is 3.66. The zero-order chi connectivity index (χ0) is 19.0. The molecule has 0 radical (unpaired) electrons. The van der Waals surface area contributed by atoms with E-state index in [4.69, 9.17) is 9.47 Å². The molecule has 0 aliphatic carbocycles. The van der Waals surface area contributed by atoms with E-state index in [9.17, 15) is 29.4 Å². The van der Waals surface area contributed by atoms with Gasteiger partial charge in [-0.25, -0.2) is 0 Å². The van der Waals surface area contributed by atoms with Crippen molar-refractivity contribution in [1.82, 2.24) is 0 Å². The number of hydrogen-bond donors (Lipinski definition) is 2. The van der Waals surface area contributed by atoms with Crippen molar-refractivity contribution in [2.45, 2.75) is 51.4 Å². The summed E-state index contributed by atoms with van der Waals surface area (Å²) in [6.07, 6.45) is 4.80. The second-order valence-corrected chi connectivity index (χ2v) is 5.96. The predicted octanol–water partition coefficient (Wildman–Crippen LogP) is 0.562. The molecular formula is C17H28O8. The summed E-state index contributed by atoms with van der Waals surface area (Å²) in [6.45, 7) is -1.57. The Balaban J connectivity index is 4.21. The zero-order valence-corrected chi connectivity index (χ0v) is 14.5. The molecule has 0 aromatic carbocycles. The lowest BCUT2D eigenvalue weighted by molar-refractivity contribution is -0.159. The van der Waals surface area contributed by atoms with Gasteiger partial charge in [0.15, 0.2) is 0 Å². The molecule has 0 spiro atoms. The third-order valence-corrected chi connectivity index (χ3v) is 3.66. The van der Waals surface area contributed by atoms with Gasteiger partial charge < -0.3 is 29.3 Å². The minimum Gasteiger partial charge on any atom is -0.465 e. The fraction of sp³-hybridized carbons (Fsp3) is 0.765.